The molecule has 2 aromatic carbocycles. The highest BCUT2D eigenvalue weighted by Gasteiger charge is 2.37. The number of hydrogen-bond donors (Lipinski definition) is 0. The third kappa shape index (κ3) is 4.02. The van der Waals surface area contributed by atoms with Gasteiger partial charge in [0, 0.05) is 18.1 Å². The number of rotatable bonds is 6. The maximum atomic E-state index is 13.3. The summed E-state index contributed by atoms with van der Waals surface area (Å²) in [6, 6.07) is 10.9. The Balaban J connectivity index is 2.02. The third-order valence-corrected chi connectivity index (χ3v) is 5.81. The molecule has 0 N–H and O–H groups in total. The van der Waals surface area contributed by atoms with Crippen molar-refractivity contribution in [2.24, 2.45) is 0 Å². The van der Waals surface area contributed by atoms with Crippen LogP contribution in [-0.2, 0) is 4.79 Å². The molecule has 0 fully saturated rings. The fourth-order valence-electron chi connectivity index (χ4n) is 3.69. The molecule has 0 unspecified atom stereocenters. The summed E-state index contributed by atoms with van der Waals surface area (Å²) in [5.74, 6) is 1.57. The van der Waals surface area contributed by atoms with E-state index in [-0.39, 0.29) is 18.2 Å². The Morgan fingerprint density at radius 2 is 1.76 bits per heavy atom. The molecule has 172 valence electrons. The number of thioether (sulfide) groups is 1. The topological polar surface area (TPSA) is 95.9 Å². The van der Waals surface area contributed by atoms with E-state index in [4.69, 9.17) is 18.9 Å². The number of anilines is 1. The third-order valence-electron chi connectivity index (χ3n) is 5.27. The van der Waals surface area contributed by atoms with Crippen LogP contribution in [0.2, 0.25) is 0 Å². The van der Waals surface area contributed by atoms with Crippen molar-refractivity contribution in [2.45, 2.75) is 24.7 Å². The average molecular weight is 469 g/mol. The van der Waals surface area contributed by atoms with E-state index in [0.717, 1.165) is 0 Å². The van der Waals surface area contributed by atoms with Crippen LogP contribution in [0.1, 0.15) is 25.1 Å². The van der Waals surface area contributed by atoms with Crippen LogP contribution in [-0.4, -0.2) is 48.7 Å². The van der Waals surface area contributed by atoms with Gasteiger partial charge < -0.3 is 18.9 Å². The van der Waals surface area contributed by atoms with E-state index in [9.17, 15) is 4.79 Å². The van der Waals surface area contributed by atoms with E-state index in [1.807, 2.05) is 30.5 Å². The molecular weight excluding hydrogens is 444 g/mol. The van der Waals surface area contributed by atoms with Crippen LogP contribution >= 0.6 is 11.8 Å². The molecule has 2 heterocycles. The Hall–Kier alpha value is -3.53. The lowest BCUT2D eigenvalue weighted by atomic mass is 10.1. The van der Waals surface area contributed by atoms with Gasteiger partial charge in [0.25, 0.3) is 0 Å². The molecule has 0 spiro atoms. The zero-order valence-corrected chi connectivity index (χ0v) is 19.8. The predicted molar refractivity (Wildman–Crippen MR) is 124 cm³/mol. The lowest BCUT2D eigenvalue weighted by Crippen LogP contribution is -2.37. The van der Waals surface area contributed by atoms with Crippen LogP contribution in [0.25, 0.3) is 11.3 Å². The summed E-state index contributed by atoms with van der Waals surface area (Å²) in [5, 5.41) is 9.01. The molecule has 4 rings (SSSR count). The van der Waals surface area contributed by atoms with Gasteiger partial charge in [-0.25, -0.2) is 0 Å². The van der Waals surface area contributed by atoms with Gasteiger partial charge in [0.1, 0.15) is 5.75 Å². The minimum Gasteiger partial charge on any atom is -0.496 e. The number of carbonyl (C=O) groups is 1. The van der Waals surface area contributed by atoms with Crippen molar-refractivity contribution < 1.29 is 23.7 Å². The Kier molecular flexibility index (Phi) is 6.55. The Morgan fingerprint density at radius 1 is 1.06 bits per heavy atom. The molecule has 0 aliphatic carbocycles. The molecule has 1 atom stereocenters. The van der Waals surface area contributed by atoms with Gasteiger partial charge in [-0.3, -0.25) is 9.69 Å². The largest absolute Gasteiger partial charge is 0.496 e. The first kappa shape index (κ1) is 22.7. The van der Waals surface area contributed by atoms with E-state index >= 15 is 0 Å². The van der Waals surface area contributed by atoms with E-state index in [1.54, 1.807) is 45.3 Å². The second kappa shape index (κ2) is 9.53. The van der Waals surface area contributed by atoms with Crippen molar-refractivity contribution in [1.82, 2.24) is 15.2 Å². The molecule has 1 aliphatic rings. The van der Waals surface area contributed by atoms with Crippen LogP contribution in [0.3, 0.4) is 0 Å². The van der Waals surface area contributed by atoms with E-state index in [0.29, 0.717) is 44.9 Å². The number of aromatic nitrogens is 3. The summed E-state index contributed by atoms with van der Waals surface area (Å²) < 4.78 is 23.0. The second-order valence-corrected chi connectivity index (χ2v) is 7.78. The summed E-state index contributed by atoms with van der Waals surface area (Å²) >= 11 is 1.35. The maximum absolute atomic E-state index is 13.3. The van der Waals surface area contributed by atoms with Crippen molar-refractivity contribution in [2.75, 3.05) is 32.5 Å². The number of benzene rings is 2. The number of para-hydroxylation sites is 1. The van der Waals surface area contributed by atoms with Crippen LogP contribution in [0.15, 0.2) is 41.6 Å². The van der Waals surface area contributed by atoms with Gasteiger partial charge in [0.05, 0.1) is 32.6 Å². The minimum atomic E-state index is -0.902. The number of carbonyl (C=O) groups excluding carboxylic acids is 1. The molecule has 1 aromatic heterocycles. The molecule has 0 bridgehead atoms. The van der Waals surface area contributed by atoms with Gasteiger partial charge in [0.2, 0.25) is 23.2 Å². The first-order valence-electron chi connectivity index (χ1n) is 10.2. The van der Waals surface area contributed by atoms with Crippen molar-refractivity contribution in [1.29, 1.82) is 0 Å². The first-order valence-corrected chi connectivity index (χ1v) is 11.4. The van der Waals surface area contributed by atoms with Gasteiger partial charge in [-0.2, -0.15) is 4.98 Å². The second-order valence-electron chi connectivity index (χ2n) is 7.01. The van der Waals surface area contributed by atoms with Crippen molar-refractivity contribution in [3.05, 3.63) is 42.0 Å². The zero-order chi connectivity index (χ0) is 23.5. The van der Waals surface area contributed by atoms with E-state index < -0.39 is 6.23 Å². The summed E-state index contributed by atoms with van der Waals surface area (Å²) in [5.41, 5.74) is 2.37. The predicted octanol–water partition coefficient (Wildman–Crippen LogP) is 4.12. The highest BCUT2D eigenvalue weighted by molar-refractivity contribution is 7.98. The summed E-state index contributed by atoms with van der Waals surface area (Å²) in [6.07, 6.45) is 1.21. The average Bonchev–Trinajstić information content (AvgIpc) is 3.01. The van der Waals surface area contributed by atoms with Crippen molar-refractivity contribution >= 4 is 23.4 Å². The van der Waals surface area contributed by atoms with E-state index in [1.165, 1.54) is 11.8 Å². The lowest BCUT2D eigenvalue weighted by Gasteiger charge is -2.31. The van der Waals surface area contributed by atoms with Crippen LogP contribution in [0.5, 0.6) is 23.1 Å². The van der Waals surface area contributed by atoms with Crippen LogP contribution in [0, 0.1) is 0 Å². The van der Waals surface area contributed by atoms with Gasteiger partial charge in [-0.05, 0) is 18.4 Å². The Morgan fingerprint density at radius 3 is 2.42 bits per heavy atom. The SMILES string of the molecule is CCC(=O)N1c2ccccc2-c2nnc(SC)nc2O[C@H]1c1cc(OC)c(OC)cc1OC. The molecule has 9 nitrogen and oxygen atoms in total. The highest BCUT2D eigenvalue weighted by Crippen LogP contribution is 2.47. The maximum Gasteiger partial charge on any atom is 0.247 e. The number of methoxy groups -OCH3 is 3. The monoisotopic (exact) mass is 468 g/mol. The summed E-state index contributed by atoms with van der Waals surface area (Å²) in [4.78, 5) is 19.5. The standard InChI is InChI=1S/C23H24N4O5S/c1-6-19(28)27-15-10-8-7-9-13(15)20-21(24-23(33-5)26-25-20)32-22(27)14-11-17(30-3)18(31-4)12-16(14)29-2/h7-12,22H,6H2,1-5H3/t22-/m0/s1. The smallest absolute Gasteiger partial charge is 0.247 e. The van der Waals surface area contributed by atoms with Crippen LogP contribution in [0.4, 0.5) is 5.69 Å². The molecule has 33 heavy (non-hydrogen) atoms. The van der Waals surface area contributed by atoms with Gasteiger partial charge >= 0.3 is 0 Å². The van der Waals surface area contributed by atoms with Crippen molar-refractivity contribution in [3.63, 3.8) is 0 Å². The molecule has 0 radical (unpaired) electrons. The first-order chi connectivity index (χ1) is 16.1. The van der Waals surface area contributed by atoms with Crippen molar-refractivity contribution in [3.8, 4) is 34.4 Å². The molecule has 0 saturated carbocycles. The number of ether oxygens (including phenoxy) is 4. The van der Waals surface area contributed by atoms with Gasteiger partial charge in [-0.15, -0.1) is 10.2 Å². The molecule has 10 heteroatoms. The molecule has 0 saturated heterocycles. The molecular formula is C23H24N4O5S. The molecule has 1 amide bonds. The number of fused-ring (bicyclic) bond motifs is 3. The minimum absolute atomic E-state index is 0.143. The highest BCUT2D eigenvalue weighted by atomic mass is 32.2. The van der Waals surface area contributed by atoms with Crippen LogP contribution < -0.4 is 23.8 Å². The lowest BCUT2D eigenvalue weighted by molar-refractivity contribution is -0.120. The summed E-state index contributed by atoms with van der Waals surface area (Å²) in [6.45, 7) is 1.80. The summed E-state index contributed by atoms with van der Waals surface area (Å²) in [7, 11) is 4.64. The number of nitrogens with zero attached hydrogens (tertiary/aromatic N) is 4. The number of amides is 1. The number of hydrogen-bond acceptors (Lipinski definition) is 9. The zero-order valence-electron chi connectivity index (χ0n) is 19.0. The Bertz CT molecular complexity index is 1190. The fourth-order valence-corrected chi connectivity index (χ4v) is 3.98. The van der Waals surface area contributed by atoms with E-state index in [2.05, 4.69) is 15.2 Å². The van der Waals surface area contributed by atoms with Gasteiger partial charge in [0.15, 0.2) is 17.2 Å². The molecule has 3 aromatic rings. The fraction of sp³-hybridized carbons (Fsp3) is 0.304. The van der Waals surface area contributed by atoms with Gasteiger partial charge in [-0.1, -0.05) is 36.9 Å². The Labute approximate surface area is 196 Å². The molecule has 1 aliphatic heterocycles. The normalized spacial score (nSPS) is 14.5. The quantitative estimate of drug-likeness (QED) is 0.495.